The molecule has 2 aliphatic rings. The molecule has 0 aliphatic carbocycles. The fourth-order valence-electron chi connectivity index (χ4n) is 4.56. The van der Waals surface area contributed by atoms with Crippen molar-refractivity contribution >= 4 is 33.6 Å². The molecule has 3 amide bonds. The zero-order valence-electron chi connectivity index (χ0n) is 22.8. The molecule has 4 N–H and O–H groups in total. The van der Waals surface area contributed by atoms with Gasteiger partial charge >= 0.3 is 12.3 Å². The van der Waals surface area contributed by atoms with E-state index in [1.807, 2.05) is 0 Å². The predicted molar refractivity (Wildman–Crippen MR) is 140 cm³/mol. The highest BCUT2D eigenvalue weighted by Crippen LogP contribution is 2.38. The zero-order valence-corrected chi connectivity index (χ0v) is 23.6. The fourth-order valence-corrected chi connectivity index (χ4v) is 5.16. The first-order chi connectivity index (χ1) is 19.7. The summed E-state index contributed by atoms with van der Waals surface area (Å²) in [5.74, 6) is -4.71. The molecule has 2 aliphatic heterocycles. The predicted octanol–water partition coefficient (Wildman–Crippen LogP) is 3.38. The number of halogens is 5. The van der Waals surface area contributed by atoms with Gasteiger partial charge in [0.2, 0.25) is 15.9 Å². The second kappa shape index (κ2) is 10.9. The van der Waals surface area contributed by atoms with Gasteiger partial charge in [-0.1, -0.05) is 20.8 Å². The van der Waals surface area contributed by atoms with Crippen LogP contribution in [0, 0.1) is 23.5 Å². The highest BCUT2D eigenvalue weighted by Gasteiger charge is 2.43. The van der Waals surface area contributed by atoms with Crippen LogP contribution >= 0.6 is 0 Å². The molecule has 0 spiro atoms. The number of hydrogen-bond acceptors (Lipinski definition) is 6. The largest absolute Gasteiger partial charge is 0.465 e. The number of carbonyl (C=O) groups excluding carboxylic acids is 2. The molecule has 4 rings (SSSR count). The number of carbonyl (C=O) groups is 3. The highest BCUT2D eigenvalue weighted by molar-refractivity contribution is 7.89. The third-order valence-corrected chi connectivity index (χ3v) is 7.76. The average Bonchev–Trinajstić information content (AvgIpc) is 3.43. The summed E-state index contributed by atoms with van der Waals surface area (Å²) in [7, 11) is -4.67. The van der Waals surface area contributed by atoms with Crippen molar-refractivity contribution in [3.05, 3.63) is 70.4 Å². The van der Waals surface area contributed by atoms with Crippen molar-refractivity contribution in [2.24, 2.45) is 10.6 Å². The van der Waals surface area contributed by atoms with Crippen LogP contribution in [0.15, 0.2) is 40.4 Å². The van der Waals surface area contributed by atoms with E-state index in [2.05, 4.69) is 10.3 Å². The van der Waals surface area contributed by atoms with Crippen LogP contribution in [-0.2, 0) is 21.0 Å². The topological polar surface area (TPSA) is 163 Å². The van der Waals surface area contributed by atoms with Gasteiger partial charge in [0.05, 0.1) is 28.6 Å². The molecule has 3 heterocycles. The van der Waals surface area contributed by atoms with Gasteiger partial charge in [-0.05, 0) is 29.3 Å². The number of alkyl halides is 3. The number of rotatable bonds is 5. The number of benzene rings is 1. The Morgan fingerprint density at radius 3 is 2.28 bits per heavy atom. The molecule has 0 bridgehead atoms. The summed E-state index contributed by atoms with van der Waals surface area (Å²) in [5, 5.41) is 16.8. The number of aromatic nitrogens is 1. The van der Waals surface area contributed by atoms with Crippen LogP contribution in [0.2, 0.25) is 0 Å². The maximum atomic E-state index is 14.9. The summed E-state index contributed by atoms with van der Waals surface area (Å²) < 4.78 is 93.2. The summed E-state index contributed by atoms with van der Waals surface area (Å²) in [4.78, 5) is 42.5. The average molecular weight is 631 g/mol. The third kappa shape index (κ3) is 6.46. The second-order valence-corrected chi connectivity index (χ2v) is 12.5. The lowest BCUT2D eigenvalue weighted by Crippen LogP contribution is -2.42. The van der Waals surface area contributed by atoms with Gasteiger partial charge < -0.3 is 20.2 Å². The van der Waals surface area contributed by atoms with E-state index < -0.39 is 73.2 Å². The van der Waals surface area contributed by atoms with Crippen LogP contribution in [0.25, 0.3) is 0 Å². The maximum Gasteiger partial charge on any atom is 0.417 e. The van der Waals surface area contributed by atoms with E-state index in [1.54, 1.807) is 0 Å². The molecule has 43 heavy (non-hydrogen) atoms. The van der Waals surface area contributed by atoms with Crippen LogP contribution in [0.1, 0.15) is 42.4 Å². The van der Waals surface area contributed by atoms with Gasteiger partial charge in [-0.25, -0.2) is 27.1 Å². The van der Waals surface area contributed by atoms with Gasteiger partial charge in [0.15, 0.2) is 0 Å². The van der Waals surface area contributed by atoms with Gasteiger partial charge in [-0.2, -0.15) is 13.2 Å². The smallest absolute Gasteiger partial charge is 0.417 e. The van der Waals surface area contributed by atoms with Crippen LogP contribution in [0.3, 0.4) is 0 Å². The van der Waals surface area contributed by atoms with E-state index >= 15 is 0 Å². The summed E-state index contributed by atoms with van der Waals surface area (Å²) in [5.41, 5.74) is -2.90. The molecule has 1 radical (unpaired) electrons. The Morgan fingerprint density at radius 1 is 1.07 bits per heavy atom. The van der Waals surface area contributed by atoms with Gasteiger partial charge in [-0.3, -0.25) is 14.6 Å². The number of primary sulfonamides is 1. The molecule has 0 fully saturated rings. The Balaban J connectivity index is 1.78. The minimum atomic E-state index is -4.82. The van der Waals surface area contributed by atoms with Gasteiger partial charge in [-0.15, -0.1) is 0 Å². The molecule has 17 heteroatoms. The number of nitrogens with two attached hydrogens (primary N) is 1. The monoisotopic (exact) mass is 630 g/mol. The Hall–Kier alpha value is -4.12. The van der Waals surface area contributed by atoms with E-state index in [4.69, 9.17) is 5.14 Å². The first-order valence-corrected chi connectivity index (χ1v) is 14.0. The lowest BCUT2D eigenvalue weighted by atomic mass is 9.95. The van der Waals surface area contributed by atoms with Crippen molar-refractivity contribution in [3.63, 3.8) is 0 Å². The molecule has 1 aromatic heterocycles. The minimum absolute atomic E-state index is 0.145. The second-order valence-electron chi connectivity index (χ2n) is 11.0. The van der Waals surface area contributed by atoms with E-state index in [1.165, 1.54) is 27.2 Å². The third-order valence-electron chi connectivity index (χ3n) is 6.83. The Morgan fingerprint density at radius 2 is 1.72 bits per heavy atom. The fraction of sp³-hybridized carbons (Fsp3) is 0.346. The highest BCUT2D eigenvalue weighted by atomic mass is 32.2. The molecule has 2 aromatic rings. The SMILES string of the molecule is CC(C)(C)C(=O)Nc1cc(C(F)(F)F)cnc1[CH]C1C2=C(CN(C(=O)O)C2)CN1C(=O)c1cc(F)c(S(N)(=O)=O)cc1F. The van der Waals surface area contributed by atoms with Crippen LogP contribution in [-0.4, -0.2) is 71.9 Å². The van der Waals surface area contributed by atoms with E-state index in [-0.39, 0.29) is 37.1 Å². The Labute approximate surface area is 242 Å². The number of nitrogens with zero attached hydrogens (tertiary/aromatic N) is 3. The van der Waals surface area contributed by atoms with Crippen molar-refractivity contribution in [3.8, 4) is 0 Å². The van der Waals surface area contributed by atoms with Crippen molar-refractivity contribution in [2.45, 2.75) is 37.9 Å². The summed E-state index contributed by atoms with van der Waals surface area (Å²) in [6, 6.07) is 0.0318. The van der Waals surface area contributed by atoms with Crippen molar-refractivity contribution in [1.82, 2.24) is 14.8 Å². The van der Waals surface area contributed by atoms with Crippen molar-refractivity contribution < 1.29 is 49.9 Å². The number of nitrogens with one attached hydrogen (secondary N) is 1. The van der Waals surface area contributed by atoms with E-state index in [0.717, 1.165) is 9.80 Å². The number of amides is 3. The Bertz CT molecular complexity index is 1670. The van der Waals surface area contributed by atoms with E-state index in [9.17, 15) is 49.9 Å². The van der Waals surface area contributed by atoms with Crippen molar-refractivity contribution in [2.75, 3.05) is 25.0 Å². The first-order valence-electron chi connectivity index (χ1n) is 12.4. The van der Waals surface area contributed by atoms with Gasteiger partial charge in [0, 0.05) is 37.7 Å². The number of anilines is 1. The number of carboxylic acid groups (broad SMARTS) is 1. The molecule has 1 unspecified atom stereocenters. The summed E-state index contributed by atoms with van der Waals surface area (Å²) in [6.45, 7) is 3.93. The lowest BCUT2D eigenvalue weighted by Gasteiger charge is -2.30. The summed E-state index contributed by atoms with van der Waals surface area (Å²) in [6.07, 6.45) is -4.40. The van der Waals surface area contributed by atoms with Crippen LogP contribution in [0.5, 0.6) is 0 Å². The van der Waals surface area contributed by atoms with Gasteiger partial charge in [0.25, 0.3) is 5.91 Å². The number of pyridine rings is 1. The zero-order chi connectivity index (χ0) is 32.2. The quantitative estimate of drug-likeness (QED) is 0.337. The van der Waals surface area contributed by atoms with Crippen LogP contribution in [0.4, 0.5) is 32.4 Å². The molecule has 231 valence electrons. The van der Waals surface area contributed by atoms with Crippen LogP contribution < -0.4 is 10.5 Å². The normalized spacial score (nSPS) is 17.4. The molecule has 0 saturated carbocycles. The molecule has 11 nitrogen and oxygen atoms in total. The van der Waals surface area contributed by atoms with Crippen molar-refractivity contribution in [1.29, 1.82) is 0 Å². The standard InChI is InChI=1S/C26H25F5N5O6S/c1-25(2,3)23(38)34-19-4-13(26(29,30)31)8-33-18(19)7-20-15-11-35(24(39)40)9-12(15)10-36(20)22(37)14-5-17(28)21(6-16(14)27)43(32,41)42/h4-8,20H,9-11H2,1-3H3,(H,34,38)(H,39,40)(H2,32,41,42). The summed E-state index contributed by atoms with van der Waals surface area (Å²) >= 11 is 0. The van der Waals surface area contributed by atoms with E-state index in [0.29, 0.717) is 29.5 Å². The molecule has 1 aromatic carbocycles. The first kappa shape index (κ1) is 31.8. The number of hydrogen-bond donors (Lipinski definition) is 3. The molecule has 1 atom stereocenters. The maximum absolute atomic E-state index is 14.9. The minimum Gasteiger partial charge on any atom is -0.465 e. The van der Waals surface area contributed by atoms with Gasteiger partial charge in [0.1, 0.15) is 16.5 Å². The Kier molecular flexibility index (Phi) is 8.03. The molecular weight excluding hydrogens is 605 g/mol. The number of sulfonamides is 1. The molecular formula is C26H25F5N5O6S. The lowest BCUT2D eigenvalue weighted by molar-refractivity contribution is -0.137. The molecule has 0 saturated heterocycles.